The summed E-state index contributed by atoms with van der Waals surface area (Å²) in [7, 11) is 0. The molecular formula is C13H18N4O2. The van der Waals surface area contributed by atoms with Crippen molar-refractivity contribution in [3.05, 3.63) is 18.1 Å². The lowest BCUT2D eigenvalue weighted by Gasteiger charge is -2.44. The first-order valence-corrected chi connectivity index (χ1v) is 6.78. The van der Waals surface area contributed by atoms with E-state index in [2.05, 4.69) is 19.8 Å². The Morgan fingerprint density at radius 1 is 1.26 bits per heavy atom. The normalized spacial score (nSPS) is 24.0. The first-order valence-electron chi connectivity index (χ1n) is 6.78. The Labute approximate surface area is 112 Å². The highest BCUT2D eigenvalue weighted by molar-refractivity contribution is 5.85. The van der Waals surface area contributed by atoms with E-state index in [1.165, 1.54) is 32.0 Å². The first kappa shape index (κ1) is 12.3. The summed E-state index contributed by atoms with van der Waals surface area (Å²) < 4.78 is 0. The summed E-state index contributed by atoms with van der Waals surface area (Å²) in [5.74, 6) is -0.337. The Morgan fingerprint density at radius 2 is 2.16 bits per heavy atom. The number of hydrogen-bond acceptors (Lipinski definition) is 5. The van der Waals surface area contributed by atoms with Gasteiger partial charge in [0, 0.05) is 25.7 Å². The molecule has 19 heavy (non-hydrogen) atoms. The van der Waals surface area contributed by atoms with Gasteiger partial charge < -0.3 is 10.0 Å². The number of nitrogens with zero attached hydrogens (tertiary/aromatic N) is 4. The molecule has 3 rings (SSSR count). The lowest BCUT2D eigenvalue weighted by atomic mass is 9.99. The van der Waals surface area contributed by atoms with Gasteiger partial charge in [0.15, 0.2) is 5.69 Å². The van der Waals surface area contributed by atoms with Gasteiger partial charge in [0.25, 0.3) is 0 Å². The third-order valence-corrected chi connectivity index (χ3v) is 4.00. The molecule has 2 fully saturated rings. The predicted molar refractivity (Wildman–Crippen MR) is 70.4 cm³/mol. The van der Waals surface area contributed by atoms with E-state index in [9.17, 15) is 4.79 Å². The van der Waals surface area contributed by atoms with E-state index in [0.717, 1.165) is 19.6 Å². The van der Waals surface area contributed by atoms with Gasteiger partial charge >= 0.3 is 5.97 Å². The maximum absolute atomic E-state index is 10.9. The minimum Gasteiger partial charge on any atom is -0.476 e. The van der Waals surface area contributed by atoms with Crippen molar-refractivity contribution in [2.75, 3.05) is 31.1 Å². The summed E-state index contributed by atoms with van der Waals surface area (Å²) >= 11 is 0. The average Bonchev–Trinajstić information content (AvgIpc) is 2.47. The van der Waals surface area contributed by atoms with Crippen LogP contribution in [0.25, 0.3) is 0 Å². The van der Waals surface area contributed by atoms with E-state index in [1.54, 1.807) is 6.20 Å². The van der Waals surface area contributed by atoms with Crippen molar-refractivity contribution in [2.45, 2.75) is 25.3 Å². The van der Waals surface area contributed by atoms with Crippen molar-refractivity contribution in [2.24, 2.45) is 0 Å². The van der Waals surface area contributed by atoms with Crippen molar-refractivity contribution in [1.29, 1.82) is 0 Å². The van der Waals surface area contributed by atoms with Gasteiger partial charge in [-0.15, -0.1) is 0 Å². The van der Waals surface area contributed by atoms with Crippen LogP contribution in [-0.2, 0) is 0 Å². The number of piperazine rings is 1. The number of carboxylic acids is 1. The SMILES string of the molecule is O=C(O)c1cncc(N2CCN3CCCCC3C2)n1. The molecule has 2 aliphatic heterocycles. The minimum atomic E-state index is -1.02. The van der Waals surface area contributed by atoms with E-state index in [1.807, 2.05) is 0 Å². The summed E-state index contributed by atoms with van der Waals surface area (Å²) in [6.07, 6.45) is 6.76. The van der Waals surface area contributed by atoms with Crippen LogP contribution in [0.5, 0.6) is 0 Å². The number of hydrogen-bond donors (Lipinski definition) is 1. The maximum Gasteiger partial charge on any atom is 0.356 e. The molecule has 6 heteroatoms. The Morgan fingerprint density at radius 3 is 3.00 bits per heavy atom. The van der Waals surface area contributed by atoms with Crippen LogP contribution in [0, 0.1) is 0 Å². The van der Waals surface area contributed by atoms with Gasteiger partial charge in [0.2, 0.25) is 0 Å². The molecule has 1 aromatic rings. The lowest BCUT2D eigenvalue weighted by Crippen LogP contribution is -2.55. The van der Waals surface area contributed by atoms with Gasteiger partial charge in [0.05, 0.1) is 12.4 Å². The highest BCUT2D eigenvalue weighted by Gasteiger charge is 2.29. The van der Waals surface area contributed by atoms with E-state index in [0.29, 0.717) is 11.9 Å². The highest BCUT2D eigenvalue weighted by Crippen LogP contribution is 2.23. The molecule has 0 radical (unpaired) electrons. The molecule has 102 valence electrons. The largest absolute Gasteiger partial charge is 0.476 e. The van der Waals surface area contributed by atoms with Crippen LogP contribution in [0.4, 0.5) is 5.82 Å². The summed E-state index contributed by atoms with van der Waals surface area (Å²) in [6.45, 7) is 4.05. The molecule has 2 aliphatic rings. The van der Waals surface area contributed by atoms with E-state index >= 15 is 0 Å². The Balaban J connectivity index is 1.75. The monoisotopic (exact) mass is 262 g/mol. The molecule has 0 aromatic carbocycles. The summed E-state index contributed by atoms with van der Waals surface area (Å²) in [6, 6.07) is 0.581. The fraction of sp³-hybridized carbons (Fsp3) is 0.615. The van der Waals surface area contributed by atoms with Crippen molar-refractivity contribution in [3.63, 3.8) is 0 Å². The topological polar surface area (TPSA) is 69.6 Å². The molecule has 6 nitrogen and oxygen atoms in total. The number of aromatic nitrogens is 2. The third kappa shape index (κ3) is 2.53. The Bertz CT molecular complexity index is 479. The van der Waals surface area contributed by atoms with Crippen LogP contribution >= 0.6 is 0 Å². The van der Waals surface area contributed by atoms with Crippen LogP contribution in [0.2, 0.25) is 0 Å². The predicted octanol–water partition coefficient (Wildman–Crippen LogP) is 0.849. The van der Waals surface area contributed by atoms with Gasteiger partial charge in [-0.1, -0.05) is 6.42 Å². The van der Waals surface area contributed by atoms with Crippen molar-refractivity contribution < 1.29 is 9.90 Å². The summed E-state index contributed by atoms with van der Waals surface area (Å²) in [5.41, 5.74) is 0.0172. The quantitative estimate of drug-likeness (QED) is 0.852. The fourth-order valence-electron chi connectivity index (χ4n) is 2.98. The van der Waals surface area contributed by atoms with E-state index in [4.69, 9.17) is 5.11 Å². The van der Waals surface area contributed by atoms with Crippen LogP contribution < -0.4 is 4.90 Å². The standard InChI is InChI=1S/C13H18N4O2/c18-13(19)11-7-14-8-12(15-11)17-6-5-16-4-2-1-3-10(16)9-17/h7-8,10H,1-6,9H2,(H,18,19). The molecule has 1 unspecified atom stereocenters. The molecule has 0 amide bonds. The van der Waals surface area contributed by atoms with Crippen LogP contribution in [0.3, 0.4) is 0 Å². The third-order valence-electron chi connectivity index (χ3n) is 4.00. The molecule has 2 saturated heterocycles. The zero-order chi connectivity index (χ0) is 13.2. The zero-order valence-corrected chi connectivity index (χ0v) is 10.8. The molecule has 3 heterocycles. The van der Waals surface area contributed by atoms with Crippen LogP contribution in [-0.4, -0.2) is 58.2 Å². The molecule has 0 bridgehead atoms. The summed E-state index contributed by atoms with van der Waals surface area (Å²) in [4.78, 5) is 23.8. The number of carbonyl (C=O) groups is 1. The molecule has 0 aliphatic carbocycles. The molecular weight excluding hydrogens is 244 g/mol. The summed E-state index contributed by atoms with van der Waals surface area (Å²) in [5, 5.41) is 8.97. The fourth-order valence-corrected chi connectivity index (χ4v) is 2.98. The molecule has 1 aromatic heterocycles. The van der Waals surface area contributed by atoms with Gasteiger partial charge in [-0.25, -0.2) is 9.78 Å². The maximum atomic E-state index is 10.9. The number of piperidine rings is 1. The van der Waals surface area contributed by atoms with Gasteiger partial charge in [0.1, 0.15) is 5.82 Å². The van der Waals surface area contributed by atoms with Gasteiger partial charge in [-0.2, -0.15) is 0 Å². The van der Waals surface area contributed by atoms with Gasteiger partial charge in [-0.3, -0.25) is 9.88 Å². The molecule has 1 N–H and O–H groups in total. The average molecular weight is 262 g/mol. The minimum absolute atomic E-state index is 0.0172. The second-order valence-electron chi connectivity index (χ2n) is 5.20. The number of fused-ring (bicyclic) bond motifs is 1. The zero-order valence-electron chi connectivity index (χ0n) is 10.8. The number of aromatic carboxylic acids is 1. The molecule has 1 atom stereocenters. The number of carboxylic acid groups (broad SMARTS) is 1. The lowest BCUT2D eigenvalue weighted by molar-refractivity contribution is 0.0690. The van der Waals surface area contributed by atoms with Crippen molar-refractivity contribution in [3.8, 4) is 0 Å². The number of anilines is 1. The highest BCUT2D eigenvalue weighted by atomic mass is 16.4. The van der Waals surface area contributed by atoms with Crippen molar-refractivity contribution in [1.82, 2.24) is 14.9 Å². The van der Waals surface area contributed by atoms with E-state index < -0.39 is 5.97 Å². The van der Waals surface area contributed by atoms with Crippen LogP contribution in [0.15, 0.2) is 12.4 Å². The Hall–Kier alpha value is -1.69. The molecule has 0 spiro atoms. The van der Waals surface area contributed by atoms with Crippen molar-refractivity contribution >= 4 is 11.8 Å². The first-order chi connectivity index (χ1) is 9.24. The second kappa shape index (κ2) is 5.13. The smallest absolute Gasteiger partial charge is 0.356 e. The number of rotatable bonds is 2. The van der Waals surface area contributed by atoms with Gasteiger partial charge in [-0.05, 0) is 19.4 Å². The van der Waals surface area contributed by atoms with E-state index in [-0.39, 0.29) is 5.69 Å². The Kier molecular flexibility index (Phi) is 3.33. The van der Waals surface area contributed by atoms with Crippen LogP contribution in [0.1, 0.15) is 29.8 Å². The molecule has 0 saturated carbocycles. The second-order valence-corrected chi connectivity index (χ2v) is 5.20.